The molecule has 4 rings (SSSR count). The van der Waals surface area contributed by atoms with Crippen LogP contribution in [0.2, 0.25) is 0 Å². The molecule has 8 heteroatoms. The predicted octanol–water partition coefficient (Wildman–Crippen LogP) is 4.09. The van der Waals surface area contributed by atoms with Crippen LogP contribution in [0.15, 0.2) is 45.4 Å². The van der Waals surface area contributed by atoms with E-state index in [-0.39, 0.29) is 17.3 Å². The van der Waals surface area contributed by atoms with Crippen molar-refractivity contribution in [2.45, 2.75) is 12.8 Å². The van der Waals surface area contributed by atoms with Crippen molar-refractivity contribution in [3.63, 3.8) is 0 Å². The molecule has 1 aliphatic rings. The quantitative estimate of drug-likeness (QED) is 0.717. The molecule has 1 N–H and O–H groups in total. The number of carboxylic acids is 1. The number of nitrogens with zero attached hydrogens (tertiary/aromatic N) is 1. The fourth-order valence-corrected chi connectivity index (χ4v) is 4.09. The van der Waals surface area contributed by atoms with Crippen LogP contribution >= 0.6 is 11.3 Å². The Morgan fingerprint density at radius 2 is 2.00 bits per heavy atom. The Morgan fingerprint density at radius 1 is 1.21 bits per heavy atom. The highest BCUT2D eigenvalue weighted by molar-refractivity contribution is 7.22. The molecule has 1 amide bonds. The van der Waals surface area contributed by atoms with Crippen LogP contribution in [0.3, 0.4) is 0 Å². The van der Waals surface area contributed by atoms with Crippen molar-refractivity contribution in [1.82, 2.24) is 0 Å². The lowest BCUT2D eigenvalue weighted by molar-refractivity contribution is 0.0692. The molecule has 0 aliphatic heterocycles. The molecule has 2 aromatic heterocycles. The fraction of sp³-hybridized carbons (Fsp3) is 0.150. The maximum absolute atomic E-state index is 13.4. The van der Waals surface area contributed by atoms with Gasteiger partial charge in [-0.1, -0.05) is 6.07 Å². The lowest BCUT2D eigenvalue weighted by Gasteiger charge is -2.17. The zero-order chi connectivity index (χ0) is 20.0. The third-order valence-corrected chi connectivity index (χ3v) is 5.75. The maximum Gasteiger partial charge on any atom is 0.351 e. The zero-order valence-corrected chi connectivity index (χ0v) is 15.5. The van der Waals surface area contributed by atoms with Gasteiger partial charge in [-0.2, -0.15) is 0 Å². The van der Waals surface area contributed by atoms with Gasteiger partial charge in [0.25, 0.3) is 5.91 Å². The highest BCUT2D eigenvalue weighted by Gasteiger charge is 2.20. The van der Waals surface area contributed by atoms with Crippen molar-refractivity contribution in [2.75, 3.05) is 11.9 Å². The maximum atomic E-state index is 13.4. The molecule has 0 unspecified atom stereocenters. The van der Waals surface area contributed by atoms with Crippen molar-refractivity contribution in [3.05, 3.63) is 68.8 Å². The number of hydrogen-bond donors (Lipinski definition) is 1. The van der Waals surface area contributed by atoms with E-state index in [4.69, 9.17) is 9.52 Å². The molecule has 0 radical (unpaired) electrons. The number of amides is 1. The average molecular weight is 399 g/mol. The number of benzene rings is 1. The molecule has 1 aromatic carbocycles. The highest BCUT2D eigenvalue weighted by Crippen LogP contribution is 2.33. The van der Waals surface area contributed by atoms with E-state index in [0.717, 1.165) is 22.5 Å². The number of carbonyl (C=O) groups is 2. The number of anilines is 1. The van der Waals surface area contributed by atoms with Crippen molar-refractivity contribution in [1.29, 1.82) is 0 Å². The van der Waals surface area contributed by atoms with Gasteiger partial charge in [-0.25, -0.2) is 14.0 Å². The first kappa shape index (κ1) is 18.1. The monoisotopic (exact) mass is 399 g/mol. The van der Waals surface area contributed by atoms with Crippen molar-refractivity contribution in [2.24, 2.45) is 0 Å². The van der Waals surface area contributed by atoms with E-state index in [9.17, 15) is 18.8 Å². The van der Waals surface area contributed by atoms with E-state index < -0.39 is 17.2 Å². The summed E-state index contributed by atoms with van der Waals surface area (Å²) in [6.07, 6.45) is 2.33. The van der Waals surface area contributed by atoms with Gasteiger partial charge in [-0.05, 0) is 41.8 Å². The second-order valence-corrected chi connectivity index (χ2v) is 7.50. The summed E-state index contributed by atoms with van der Waals surface area (Å²) in [5.41, 5.74) is 0.975. The van der Waals surface area contributed by atoms with Gasteiger partial charge in [0.1, 0.15) is 16.4 Å². The van der Waals surface area contributed by atoms with Crippen LogP contribution in [0.25, 0.3) is 16.4 Å². The number of rotatable bonds is 3. The van der Waals surface area contributed by atoms with Gasteiger partial charge in [0.2, 0.25) is 0 Å². The summed E-state index contributed by atoms with van der Waals surface area (Å²) >= 11 is 1.15. The first-order valence-corrected chi connectivity index (χ1v) is 9.23. The minimum Gasteiger partial charge on any atom is -0.477 e. The molecule has 0 fully saturated rings. The number of aromatic carboxylic acids is 1. The Morgan fingerprint density at radius 3 is 2.75 bits per heavy atom. The van der Waals surface area contributed by atoms with E-state index in [1.54, 1.807) is 25.2 Å². The lowest BCUT2D eigenvalue weighted by atomic mass is 9.94. The molecular weight excluding hydrogens is 385 g/mol. The second-order valence-electron chi connectivity index (χ2n) is 6.43. The Bertz CT molecular complexity index is 1220. The third-order valence-electron chi connectivity index (χ3n) is 4.61. The van der Waals surface area contributed by atoms with Crippen molar-refractivity contribution >= 4 is 44.6 Å². The summed E-state index contributed by atoms with van der Waals surface area (Å²) in [6.45, 7) is 0. The molecule has 0 saturated carbocycles. The van der Waals surface area contributed by atoms with Crippen LogP contribution in [0.1, 0.15) is 38.3 Å². The van der Waals surface area contributed by atoms with E-state index in [0.29, 0.717) is 28.1 Å². The SMILES string of the molecule is CN(C(=O)c1ccc2c(c1)CCC(F)=C2)c1cc2oc(=O)c(C(=O)O)cc2s1. The Kier molecular flexibility index (Phi) is 4.35. The van der Waals surface area contributed by atoms with Crippen LogP contribution in [0, 0.1) is 0 Å². The summed E-state index contributed by atoms with van der Waals surface area (Å²) < 4.78 is 18.9. The summed E-state index contributed by atoms with van der Waals surface area (Å²) in [4.78, 5) is 37.1. The van der Waals surface area contributed by atoms with Crippen LogP contribution < -0.4 is 10.5 Å². The van der Waals surface area contributed by atoms with Crippen LogP contribution in [0.5, 0.6) is 0 Å². The first-order valence-electron chi connectivity index (χ1n) is 8.41. The van der Waals surface area contributed by atoms with E-state index in [2.05, 4.69) is 0 Å². The number of thiophene rings is 1. The molecular formula is C20H14FNO5S. The Hall–Kier alpha value is -3.26. The summed E-state index contributed by atoms with van der Waals surface area (Å²) in [6, 6.07) is 7.89. The summed E-state index contributed by atoms with van der Waals surface area (Å²) in [7, 11) is 1.59. The summed E-state index contributed by atoms with van der Waals surface area (Å²) in [5, 5.41) is 9.55. The predicted molar refractivity (Wildman–Crippen MR) is 104 cm³/mol. The minimum absolute atomic E-state index is 0.170. The highest BCUT2D eigenvalue weighted by atomic mass is 32.1. The van der Waals surface area contributed by atoms with Crippen LogP contribution in [-0.2, 0) is 6.42 Å². The zero-order valence-electron chi connectivity index (χ0n) is 14.7. The van der Waals surface area contributed by atoms with Gasteiger partial charge in [-0.3, -0.25) is 4.79 Å². The molecule has 142 valence electrons. The molecule has 3 aromatic rings. The second kappa shape index (κ2) is 6.72. The van der Waals surface area contributed by atoms with Gasteiger partial charge in [0.05, 0.1) is 4.70 Å². The van der Waals surface area contributed by atoms with Crippen molar-refractivity contribution in [3.8, 4) is 0 Å². The standard InChI is InChI=1S/C20H14FNO5S/c1-22(17-9-15-16(28-17)8-14(19(24)25)20(26)27-15)18(23)12-3-2-11-7-13(21)5-4-10(11)6-12/h2-3,6-9H,4-5H2,1H3,(H,24,25). The first-order chi connectivity index (χ1) is 13.3. The van der Waals surface area contributed by atoms with Gasteiger partial charge in [0.15, 0.2) is 5.58 Å². The molecule has 0 spiro atoms. The molecule has 0 bridgehead atoms. The smallest absolute Gasteiger partial charge is 0.351 e. The molecule has 0 saturated heterocycles. The Labute approximate surface area is 162 Å². The number of allylic oxidation sites excluding steroid dienone is 1. The fourth-order valence-electron chi connectivity index (χ4n) is 3.10. The minimum atomic E-state index is -1.37. The molecule has 6 nitrogen and oxygen atoms in total. The number of halogens is 1. The van der Waals surface area contributed by atoms with Gasteiger partial charge < -0.3 is 14.4 Å². The van der Waals surface area contributed by atoms with Gasteiger partial charge in [-0.15, -0.1) is 11.3 Å². The average Bonchev–Trinajstić information content (AvgIpc) is 3.08. The van der Waals surface area contributed by atoms with E-state index in [1.165, 1.54) is 23.1 Å². The topological polar surface area (TPSA) is 87.8 Å². The number of carboxylic acid groups (broad SMARTS) is 1. The van der Waals surface area contributed by atoms with Gasteiger partial charge >= 0.3 is 11.6 Å². The largest absolute Gasteiger partial charge is 0.477 e. The third kappa shape index (κ3) is 3.11. The number of aryl methyl sites for hydroxylation is 1. The molecule has 2 heterocycles. The number of hydrogen-bond acceptors (Lipinski definition) is 5. The van der Waals surface area contributed by atoms with Crippen LogP contribution in [-0.4, -0.2) is 24.0 Å². The molecule has 0 atom stereocenters. The molecule has 1 aliphatic carbocycles. The van der Waals surface area contributed by atoms with E-state index >= 15 is 0 Å². The normalized spacial score (nSPS) is 13.1. The lowest BCUT2D eigenvalue weighted by Crippen LogP contribution is -2.25. The Balaban J connectivity index is 1.67. The summed E-state index contributed by atoms with van der Waals surface area (Å²) in [5.74, 6) is -1.81. The van der Waals surface area contributed by atoms with Crippen molar-refractivity contribution < 1.29 is 23.5 Å². The number of carbonyl (C=O) groups excluding carboxylic acids is 1. The number of fused-ring (bicyclic) bond motifs is 2. The van der Waals surface area contributed by atoms with Crippen LogP contribution in [0.4, 0.5) is 9.39 Å². The van der Waals surface area contributed by atoms with Gasteiger partial charge in [0, 0.05) is 25.1 Å². The molecule has 28 heavy (non-hydrogen) atoms. The van der Waals surface area contributed by atoms with E-state index in [1.807, 2.05) is 0 Å².